The Labute approximate surface area is 224 Å². The summed E-state index contributed by atoms with van der Waals surface area (Å²) < 4.78 is 19.6. The maximum absolute atomic E-state index is 13.4. The highest BCUT2D eigenvalue weighted by atomic mass is 35.5. The van der Waals surface area contributed by atoms with E-state index in [0.717, 1.165) is 41.2 Å². The Kier molecular flexibility index (Phi) is 8.82. The molecule has 0 unspecified atom stereocenters. The lowest BCUT2D eigenvalue weighted by Gasteiger charge is -2.28. The van der Waals surface area contributed by atoms with Crippen molar-refractivity contribution in [1.29, 1.82) is 0 Å². The molecule has 7 nitrogen and oxygen atoms in total. The Bertz CT molecular complexity index is 1290. The number of aryl methyl sites for hydroxylation is 1. The zero-order valence-electron chi connectivity index (χ0n) is 21.6. The zero-order valence-corrected chi connectivity index (χ0v) is 21.4. The number of carbonyl (C=O) groups excluding carboxylic acids is 1. The van der Waals surface area contributed by atoms with Gasteiger partial charge >= 0.3 is 1.43 Å². The van der Waals surface area contributed by atoms with Gasteiger partial charge in [0.25, 0.3) is 0 Å². The molecule has 5 rings (SSSR count). The number of imidazole rings is 1. The minimum Gasteiger partial charge on any atom is -1.00 e. The largest absolute Gasteiger partial charge is 1.00 e. The van der Waals surface area contributed by atoms with Crippen LogP contribution >= 0.6 is 0 Å². The van der Waals surface area contributed by atoms with Gasteiger partial charge in [-0.3, -0.25) is 4.79 Å². The van der Waals surface area contributed by atoms with Crippen LogP contribution in [0.3, 0.4) is 0 Å². The third-order valence-corrected chi connectivity index (χ3v) is 6.32. The average Bonchev–Trinajstić information content (AvgIpc) is 3.42. The molecule has 0 saturated carbocycles. The summed E-state index contributed by atoms with van der Waals surface area (Å²) in [7, 11) is 1.60. The molecular weight excluding hydrogens is 490 g/mol. The smallest absolute Gasteiger partial charge is 1.00 e. The van der Waals surface area contributed by atoms with Crippen LogP contribution in [0.15, 0.2) is 85.5 Å². The number of amides is 1. The molecule has 0 spiro atoms. The fourth-order valence-corrected chi connectivity index (χ4v) is 4.56. The number of nitrogens with zero attached hydrogens (tertiary/aromatic N) is 2. The highest BCUT2D eigenvalue weighted by Gasteiger charge is 2.29. The molecule has 0 saturated heterocycles. The number of fused-ring (bicyclic) bond motifs is 2. The summed E-state index contributed by atoms with van der Waals surface area (Å²) in [4.78, 5) is 17.4. The molecule has 2 heterocycles. The lowest BCUT2D eigenvalue weighted by atomic mass is 9.85. The van der Waals surface area contributed by atoms with Crippen LogP contribution in [0, 0.1) is 0 Å². The van der Waals surface area contributed by atoms with Crippen molar-refractivity contribution in [2.45, 2.75) is 31.9 Å². The van der Waals surface area contributed by atoms with E-state index in [1.54, 1.807) is 19.6 Å². The maximum Gasteiger partial charge on any atom is 1.00 e. The molecule has 192 valence electrons. The van der Waals surface area contributed by atoms with Crippen molar-refractivity contribution in [3.63, 3.8) is 0 Å². The van der Waals surface area contributed by atoms with Gasteiger partial charge in [-0.25, -0.2) is 4.98 Å². The first-order valence-corrected chi connectivity index (χ1v) is 12.1. The van der Waals surface area contributed by atoms with Gasteiger partial charge in [-0.05, 0) is 24.6 Å². The van der Waals surface area contributed by atoms with E-state index < -0.39 is 0 Å². The summed E-state index contributed by atoms with van der Waals surface area (Å²) in [6.07, 6.45) is 6.64. The molecule has 0 bridgehead atoms. The molecule has 1 aromatic heterocycles. The van der Waals surface area contributed by atoms with Crippen molar-refractivity contribution in [1.82, 2.24) is 9.55 Å². The molecule has 0 atom stereocenters. The van der Waals surface area contributed by atoms with E-state index in [1.165, 1.54) is 0 Å². The van der Waals surface area contributed by atoms with Crippen LogP contribution in [-0.2, 0) is 22.7 Å². The predicted molar refractivity (Wildman–Crippen MR) is 139 cm³/mol. The molecule has 3 aromatic carbocycles. The summed E-state index contributed by atoms with van der Waals surface area (Å²) in [5.41, 5.74) is 3.53. The number of halogens is 1. The number of anilines is 1. The highest BCUT2D eigenvalue weighted by Crippen LogP contribution is 2.45. The number of hydrogen-bond donors (Lipinski definition) is 1. The number of aromatic nitrogens is 2. The third kappa shape index (κ3) is 6.13. The number of rotatable bonds is 10. The molecular formula is C29H30ClN3O4. The van der Waals surface area contributed by atoms with E-state index in [2.05, 4.69) is 10.3 Å². The monoisotopic (exact) mass is 519 g/mol. The highest BCUT2D eigenvalue weighted by molar-refractivity contribution is 5.94. The summed E-state index contributed by atoms with van der Waals surface area (Å²) in [6.45, 7) is 1.81. The second kappa shape index (κ2) is 12.4. The molecule has 0 fully saturated rings. The van der Waals surface area contributed by atoms with Crippen molar-refractivity contribution in [3.05, 3.63) is 102 Å². The first kappa shape index (κ1) is 26.3. The Morgan fingerprint density at radius 3 is 2.46 bits per heavy atom. The molecule has 1 amide bonds. The number of para-hydroxylation sites is 3. The maximum atomic E-state index is 13.4. The van der Waals surface area contributed by atoms with Crippen LogP contribution in [0.4, 0.5) is 5.69 Å². The summed E-state index contributed by atoms with van der Waals surface area (Å²) >= 11 is 0. The average molecular weight is 520 g/mol. The van der Waals surface area contributed by atoms with E-state index in [0.29, 0.717) is 24.7 Å². The van der Waals surface area contributed by atoms with Gasteiger partial charge in [-0.1, -0.05) is 48.5 Å². The standard InChI is InChI=1S/C29H29N3O4.ClH/c1-34-27-13-6-8-21(19-35-17-7-15-32-16-14-30-20-32)29(27)31-28(33)18-24-22-9-2-4-11-25(22)36-26-12-5-3-10-23(24)26;/h2-6,8-14,16,20,24H,7,15,17-19H2,1H3,(H,31,33);1H. The topological polar surface area (TPSA) is 74.6 Å². The van der Waals surface area contributed by atoms with Crippen LogP contribution in [0.2, 0.25) is 0 Å². The quantitative estimate of drug-likeness (QED) is 0.326. The minimum atomic E-state index is -0.108. The molecule has 1 aliphatic rings. The van der Waals surface area contributed by atoms with Crippen LogP contribution in [0.5, 0.6) is 17.2 Å². The normalized spacial score (nSPS) is 12.0. The summed E-state index contributed by atoms with van der Waals surface area (Å²) in [6, 6.07) is 21.5. The van der Waals surface area contributed by atoms with E-state index in [1.807, 2.05) is 77.5 Å². The first-order valence-electron chi connectivity index (χ1n) is 12.1. The van der Waals surface area contributed by atoms with Gasteiger partial charge in [0.15, 0.2) is 0 Å². The van der Waals surface area contributed by atoms with Crippen molar-refractivity contribution < 1.29 is 32.8 Å². The van der Waals surface area contributed by atoms with Gasteiger partial charge in [0.2, 0.25) is 5.91 Å². The second-order valence-electron chi connectivity index (χ2n) is 8.68. The Morgan fingerprint density at radius 2 is 1.78 bits per heavy atom. The Balaban J connectivity index is 0.00000200. The van der Waals surface area contributed by atoms with E-state index in [9.17, 15) is 4.79 Å². The zero-order chi connectivity index (χ0) is 24.7. The molecule has 1 N–H and O–H groups in total. The predicted octanol–water partition coefficient (Wildman–Crippen LogP) is 2.88. The van der Waals surface area contributed by atoms with Gasteiger partial charge in [0, 0.05) is 54.6 Å². The number of methoxy groups -OCH3 is 1. The van der Waals surface area contributed by atoms with Crippen molar-refractivity contribution >= 4 is 11.6 Å². The second-order valence-corrected chi connectivity index (χ2v) is 8.68. The van der Waals surface area contributed by atoms with E-state index in [4.69, 9.17) is 14.2 Å². The molecule has 1 aliphatic heterocycles. The fourth-order valence-electron chi connectivity index (χ4n) is 4.56. The number of benzene rings is 3. The SMILES string of the molecule is COc1cccc(COCCCn2ccnc2)c1NC(=O)CC1c2ccccc2Oc2ccccc21.[Cl-].[H+]. The molecule has 0 aliphatic carbocycles. The minimum absolute atomic E-state index is 0. The molecule has 37 heavy (non-hydrogen) atoms. The lowest BCUT2D eigenvalue weighted by Crippen LogP contribution is -3.00. The molecule has 4 aromatic rings. The Hall–Kier alpha value is -3.81. The van der Waals surface area contributed by atoms with Gasteiger partial charge in [0.1, 0.15) is 17.2 Å². The number of nitrogens with one attached hydrogen (secondary N) is 1. The number of carbonyl (C=O) groups is 1. The van der Waals surface area contributed by atoms with Gasteiger partial charge in [0.05, 0.1) is 25.7 Å². The van der Waals surface area contributed by atoms with Crippen molar-refractivity contribution in [3.8, 4) is 17.2 Å². The molecule has 8 heteroatoms. The van der Waals surface area contributed by atoms with Gasteiger partial charge in [-0.2, -0.15) is 0 Å². The lowest BCUT2D eigenvalue weighted by molar-refractivity contribution is -0.116. The van der Waals surface area contributed by atoms with Gasteiger partial charge < -0.3 is 36.5 Å². The van der Waals surface area contributed by atoms with E-state index >= 15 is 0 Å². The van der Waals surface area contributed by atoms with Crippen LogP contribution in [-0.4, -0.2) is 29.2 Å². The fraction of sp³-hybridized carbons (Fsp3) is 0.241. The summed E-state index contributed by atoms with van der Waals surface area (Å²) in [5, 5.41) is 3.11. The van der Waals surface area contributed by atoms with Crippen LogP contribution in [0.25, 0.3) is 0 Å². The Morgan fingerprint density at radius 1 is 1.05 bits per heavy atom. The molecule has 0 radical (unpaired) electrons. The van der Waals surface area contributed by atoms with Crippen LogP contribution in [0.1, 0.15) is 36.9 Å². The third-order valence-electron chi connectivity index (χ3n) is 6.32. The van der Waals surface area contributed by atoms with Crippen molar-refractivity contribution in [2.24, 2.45) is 0 Å². The van der Waals surface area contributed by atoms with Crippen molar-refractivity contribution in [2.75, 3.05) is 19.0 Å². The van der Waals surface area contributed by atoms with Crippen LogP contribution < -0.4 is 27.2 Å². The number of hydrogen-bond acceptors (Lipinski definition) is 5. The summed E-state index contributed by atoms with van der Waals surface area (Å²) in [5.74, 6) is 1.98. The number of ether oxygens (including phenoxy) is 3. The van der Waals surface area contributed by atoms with E-state index in [-0.39, 0.29) is 32.1 Å². The first-order chi connectivity index (χ1) is 17.7. The van der Waals surface area contributed by atoms with Gasteiger partial charge in [-0.15, -0.1) is 0 Å².